The lowest BCUT2D eigenvalue weighted by Gasteiger charge is -2.22. The van der Waals surface area contributed by atoms with Crippen molar-refractivity contribution in [3.63, 3.8) is 0 Å². The molecule has 7 heteroatoms. The Bertz CT molecular complexity index is 1120. The van der Waals surface area contributed by atoms with Crippen molar-refractivity contribution in [3.8, 4) is 10.4 Å². The van der Waals surface area contributed by atoms with E-state index in [9.17, 15) is 9.59 Å². The third kappa shape index (κ3) is 3.38. The van der Waals surface area contributed by atoms with Crippen molar-refractivity contribution in [1.82, 2.24) is 10.3 Å². The van der Waals surface area contributed by atoms with Gasteiger partial charge in [-0.3, -0.25) is 9.59 Å². The van der Waals surface area contributed by atoms with E-state index in [1.807, 2.05) is 30.3 Å². The van der Waals surface area contributed by atoms with Gasteiger partial charge in [0.2, 0.25) is 0 Å². The summed E-state index contributed by atoms with van der Waals surface area (Å²) in [6.45, 7) is 0.514. The van der Waals surface area contributed by atoms with Crippen molar-refractivity contribution in [3.05, 3.63) is 64.7 Å². The van der Waals surface area contributed by atoms with E-state index in [0.717, 1.165) is 39.4 Å². The van der Waals surface area contributed by atoms with Crippen LogP contribution in [-0.4, -0.2) is 29.4 Å². The fraction of sp³-hybridized carbons (Fsp3) is 0.227. The van der Waals surface area contributed by atoms with Gasteiger partial charge in [0.05, 0.1) is 10.6 Å². The normalized spacial score (nSPS) is 15.2. The summed E-state index contributed by atoms with van der Waals surface area (Å²) in [5.41, 5.74) is 8.99. The first-order valence-electron chi connectivity index (χ1n) is 9.67. The van der Waals surface area contributed by atoms with Crippen LogP contribution in [0.15, 0.2) is 48.5 Å². The minimum Gasteiger partial charge on any atom is -0.384 e. The lowest BCUT2D eigenvalue weighted by atomic mass is 10.1. The summed E-state index contributed by atoms with van der Waals surface area (Å²) in [6, 6.07) is 15.2. The van der Waals surface area contributed by atoms with Crippen LogP contribution in [0.25, 0.3) is 10.4 Å². The van der Waals surface area contributed by atoms with E-state index >= 15 is 0 Å². The number of rotatable bonds is 3. The number of para-hydroxylation sites is 1. The van der Waals surface area contributed by atoms with Gasteiger partial charge in [0.1, 0.15) is 11.5 Å². The maximum absolute atomic E-state index is 13.2. The predicted molar refractivity (Wildman–Crippen MR) is 114 cm³/mol. The second-order valence-electron chi connectivity index (χ2n) is 7.38. The highest BCUT2D eigenvalue weighted by Crippen LogP contribution is 2.41. The van der Waals surface area contributed by atoms with Crippen LogP contribution in [0.1, 0.15) is 38.6 Å². The smallest absolute Gasteiger partial charge is 0.276 e. The molecular weight excluding hydrogens is 384 g/mol. The van der Waals surface area contributed by atoms with Crippen molar-refractivity contribution >= 4 is 34.7 Å². The largest absolute Gasteiger partial charge is 0.384 e. The summed E-state index contributed by atoms with van der Waals surface area (Å²) in [4.78, 5) is 33.4. The van der Waals surface area contributed by atoms with E-state index in [2.05, 4.69) is 10.3 Å². The number of aromatic nitrogens is 1. The molecule has 0 saturated heterocycles. The molecule has 2 amide bonds. The first-order valence-corrected chi connectivity index (χ1v) is 10.5. The number of anilines is 2. The fourth-order valence-electron chi connectivity index (χ4n) is 3.61. The zero-order valence-electron chi connectivity index (χ0n) is 15.7. The second-order valence-corrected chi connectivity index (χ2v) is 8.44. The van der Waals surface area contributed by atoms with E-state index in [1.165, 1.54) is 11.3 Å². The molecule has 1 aromatic carbocycles. The molecule has 3 heterocycles. The van der Waals surface area contributed by atoms with Gasteiger partial charge in [-0.05, 0) is 49.1 Å². The van der Waals surface area contributed by atoms with E-state index < -0.39 is 0 Å². The molecule has 3 aromatic rings. The van der Waals surface area contributed by atoms with Gasteiger partial charge >= 0.3 is 0 Å². The lowest BCUT2D eigenvalue weighted by molar-refractivity contribution is 0.0952. The third-order valence-electron chi connectivity index (χ3n) is 5.22. The molecule has 3 N–H and O–H groups in total. The fourth-order valence-corrected chi connectivity index (χ4v) is 4.76. The van der Waals surface area contributed by atoms with Crippen molar-refractivity contribution in [2.45, 2.75) is 25.3 Å². The summed E-state index contributed by atoms with van der Waals surface area (Å²) in [5.74, 6) is 0.149. The molecular formula is C22H20N4O2S. The van der Waals surface area contributed by atoms with Crippen molar-refractivity contribution in [2.24, 2.45) is 0 Å². The highest BCUT2D eigenvalue weighted by atomic mass is 32.1. The number of nitrogens with zero attached hydrogens (tertiary/aromatic N) is 2. The molecule has 5 rings (SSSR count). The van der Waals surface area contributed by atoms with Gasteiger partial charge in [-0.25, -0.2) is 4.98 Å². The second kappa shape index (κ2) is 7.00. The number of nitrogens with one attached hydrogen (secondary N) is 1. The molecule has 0 bridgehead atoms. The number of hydrogen-bond acceptors (Lipinski definition) is 5. The molecule has 0 radical (unpaired) electrons. The monoisotopic (exact) mass is 404 g/mol. The summed E-state index contributed by atoms with van der Waals surface area (Å²) >= 11 is 1.50. The Hall–Kier alpha value is -3.19. The maximum atomic E-state index is 13.2. The Labute approximate surface area is 172 Å². The third-order valence-corrected chi connectivity index (χ3v) is 6.43. The number of hydrogen-bond donors (Lipinski definition) is 2. The molecule has 6 nitrogen and oxygen atoms in total. The van der Waals surface area contributed by atoms with Crippen LogP contribution in [0.3, 0.4) is 0 Å². The highest BCUT2D eigenvalue weighted by Gasteiger charge is 2.29. The molecule has 29 heavy (non-hydrogen) atoms. The van der Waals surface area contributed by atoms with Crippen LogP contribution in [0.2, 0.25) is 0 Å². The van der Waals surface area contributed by atoms with Gasteiger partial charge in [-0.2, -0.15) is 0 Å². The van der Waals surface area contributed by atoms with E-state index in [0.29, 0.717) is 30.5 Å². The van der Waals surface area contributed by atoms with Gasteiger partial charge in [0.25, 0.3) is 11.8 Å². The highest BCUT2D eigenvalue weighted by molar-refractivity contribution is 7.17. The first kappa shape index (κ1) is 17.9. The van der Waals surface area contributed by atoms with Crippen molar-refractivity contribution in [2.75, 3.05) is 17.2 Å². The number of benzene rings is 1. The standard InChI is InChI=1S/C22H20N4O2S/c23-19-7-3-5-16(25-19)22(28)26-11-10-13-12-18(21(27)24-14-8-9-14)29-20(13)15-4-1-2-6-17(15)26/h1-7,12,14H,8-11H2,(H2,23,25)(H,24,27). The molecule has 1 aliphatic carbocycles. The summed E-state index contributed by atoms with van der Waals surface area (Å²) < 4.78 is 0. The lowest BCUT2D eigenvalue weighted by Crippen LogP contribution is -2.33. The number of carbonyl (C=O) groups excluding carboxylic acids is 2. The Morgan fingerprint density at radius 3 is 2.76 bits per heavy atom. The molecule has 0 atom stereocenters. The SMILES string of the molecule is Nc1cccc(C(=O)N2CCc3cc(C(=O)NC4CC4)sc3-c3ccccc32)n1. The van der Waals surface area contributed by atoms with Gasteiger partial charge < -0.3 is 16.0 Å². The van der Waals surface area contributed by atoms with Crippen LogP contribution in [0.4, 0.5) is 11.5 Å². The minimum absolute atomic E-state index is 0.0000483. The number of amides is 2. The molecule has 146 valence electrons. The molecule has 2 aliphatic rings. The average molecular weight is 404 g/mol. The summed E-state index contributed by atoms with van der Waals surface area (Å²) in [6.07, 6.45) is 2.80. The van der Waals surface area contributed by atoms with Crippen LogP contribution in [-0.2, 0) is 6.42 Å². The zero-order chi connectivity index (χ0) is 20.0. The van der Waals surface area contributed by atoms with Crippen molar-refractivity contribution in [1.29, 1.82) is 0 Å². The molecule has 0 unspecified atom stereocenters. The Kier molecular flexibility index (Phi) is 4.32. The minimum atomic E-state index is -0.174. The Morgan fingerprint density at radius 1 is 1.14 bits per heavy atom. The molecule has 1 aliphatic heterocycles. The van der Waals surface area contributed by atoms with Crippen LogP contribution in [0, 0.1) is 0 Å². The summed E-state index contributed by atoms with van der Waals surface area (Å²) in [5, 5.41) is 3.06. The van der Waals surface area contributed by atoms with Gasteiger partial charge in [0, 0.05) is 23.0 Å². The number of nitrogens with two attached hydrogens (primary N) is 1. The van der Waals surface area contributed by atoms with Gasteiger partial charge in [-0.1, -0.05) is 24.3 Å². The number of pyridine rings is 1. The Balaban J connectivity index is 1.52. The number of nitrogen functional groups attached to an aromatic ring is 1. The molecule has 1 fully saturated rings. The number of carbonyl (C=O) groups is 2. The topological polar surface area (TPSA) is 88.3 Å². The predicted octanol–water partition coefficient (Wildman–Crippen LogP) is 3.49. The molecule has 2 aromatic heterocycles. The van der Waals surface area contributed by atoms with Gasteiger partial charge in [0.15, 0.2) is 0 Å². The Morgan fingerprint density at radius 2 is 1.97 bits per heavy atom. The number of thiophene rings is 1. The quantitative estimate of drug-likeness (QED) is 0.699. The van der Waals surface area contributed by atoms with E-state index in [1.54, 1.807) is 23.1 Å². The molecule has 1 saturated carbocycles. The maximum Gasteiger partial charge on any atom is 0.276 e. The summed E-state index contributed by atoms with van der Waals surface area (Å²) in [7, 11) is 0. The average Bonchev–Trinajstić information content (AvgIpc) is 3.47. The van der Waals surface area contributed by atoms with E-state index in [4.69, 9.17) is 5.73 Å². The first-order chi connectivity index (χ1) is 14.1. The van der Waals surface area contributed by atoms with E-state index in [-0.39, 0.29) is 11.8 Å². The molecule has 0 spiro atoms. The van der Waals surface area contributed by atoms with Crippen LogP contribution in [0.5, 0.6) is 0 Å². The van der Waals surface area contributed by atoms with Gasteiger partial charge in [-0.15, -0.1) is 11.3 Å². The zero-order valence-corrected chi connectivity index (χ0v) is 16.5. The van der Waals surface area contributed by atoms with Crippen LogP contribution >= 0.6 is 11.3 Å². The van der Waals surface area contributed by atoms with Crippen LogP contribution < -0.4 is 16.0 Å². The number of fused-ring (bicyclic) bond motifs is 3. The van der Waals surface area contributed by atoms with Crippen molar-refractivity contribution < 1.29 is 9.59 Å².